The van der Waals surface area contributed by atoms with Crippen molar-refractivity contribution in [1.82, 2.24) is 10.2 Å². The van der Waals surface area contributed by atoms with Crippen LogP contribution in [-0.4, -0.2) is 10.2 Å². The Morgan fingerprint density at radius 2 is 2.12 bits per heavy atom. The molecule has 16 heavy (non-hydrogen) atoms. The quantitative estimate of drug-likeness (QED) is 0.918. The first kappa shape index (κ1) is 11.6. The molecular formula is C10H9Cl2N3S. The van der Waals surface area contributed by atoms with E-state index in [-0.39, 0.29) is 6.04 Å². The van der Waals surface area contributed by atoms with Gasteiger partial charge in [0.1, 0.15) is 5.51 Å². The minimum atomic E-state index is 0.114. The molecule has 1 aromatic carbocycles. The summed E-state index contributed by atoms with van der Waals surface area (Å²) in [6.07, 6.45) is 0. The van der Waals surface area contributed by atoms with Crippen LogP contribution in [0, 0.1) is 0 Å². The van der Waals surface area contributed by atoms with E-state index in [2.05, 4.69) is 15.5 Å². The fraction of sp³-hybridized carbons (Fsp3) is 0.200. The van der Waals surface area contributed by atoms with Gasteiger partial charge in [0.2, 0.25) is 5.13 Å². The highest BCUT2D eigenvalue weighted by Crippen LogP contribution is 2.27. The Morgan fingerprint density at radius 3 is 2.75 bits per heavy atom. The van der Waals surface area contributed by atoms with E-state index >= 15 is 0 Å². The Kier molecular flexibility index (Phi) is 3.63. The maximum absolute atomic E-state index is 5.95. The summed E-state index contributed by atoms with van der Waals surface area (Å²) in [5, 5.41) is 12.8. The molecule has 2 aromatic rings. The predicted molar refractivity (Wildman–Crippen MR) is 68.4 cm³/mol. The number of hydrogen-bond acceptors (Lipinski definition) is 4. The van der Waals surface area contributed by atoms with Gasteiger partial charge in [0, 0.05) is 0 Å². The third-order valence-electron chi connectivity index (χ3n) is 2.14. The summed E-state index contributed by atoms with van der Waals surface area (Å²) in [5.74, 6) is 0. The highest BCUT2D eigenvalue weighted by atomic mass is 35.5. The average Bonchev–Trinajstić information content (AvgIpc) is 2.74. The van der Waals surface area contributed by atoms with Gasteiger partial charge < -0.3 is 5.32 Å². The first-order chi connectivity index (χ1) is 7.66. The summed E-state index contributed by atoms with van der Waals surface area (Å²) >= 11 is 13.3. The highest BCUT2D eigenvalue weighted by molar-refractivity contribution is 7.13. The number of rotatable bonds is 3. The molecule has 0 saturated heterocycles. The lowest BCUT2D eigenvalue weighted by atomic mass is 10.1. The lowest BCUT2D eigenvalue weighted by Crippen LogP contribution is -2.06. The third-order valence-corrected chi connectivity index (χ3v) is 3.51. The van der Waals surface area contributed by atoms with Crippen LogP contribution in [-0.2, 0) is 0 Å². The van der Waals surface area contributed by atoms with Crippen LogP contribution in [0.1, 0.15) is 18.5 Å². The molecule has 0 aliphatic rings. The van der Waals surface area contributed by atoms with E-state index in [9.17, 15) is 0 Å². The second kappa shape index (κ2) is 4.99. The lowest BCUT2D eigenvalue weighted by Gasteiger charge is -2.13. The van der Waals surface area contributed by atoms with Crippen molar-refractivity contribution in [3.8, 4) is 0 Å². The van der Waals surface area contributed by atoms with E-state index < -0.39 is 0 Å². The molecule has 1 N–H and O–H groups in total. The molecule has 0 spiro atoms. The molecule has 1 aromatic heterocycles. The summed E-state index contributed by atoms with van der Waals surface area (Å²) in [4.78, 5) is 0. The monoisotopic (exact) mass is 273 g/mol. The molecule has 0 saturated carbocycles. The number of aromatic nitrogens is 2. The summed E-state index contributed by atoms with van der Waals surface area (Å²) in [7, 11) is 0. The maximum atomic E-state index is 5.95. The predicted octanol–water partition coefficient (Wildman–Crippen LogP) is 4.02. The maximum Gasteiger partial charge on any atom is 0.205 e. The van der Waals surface area contributed by atoms with E-state index in [0.29, 0.717) is 10.0 Å². The molecule has 2 rings (SSSR count). The number of nitrogens with zero attached hydrogens (tertiary/aromatic N) is 2. The normalized spacial score (nSPS) is 12.4. The first-order valence-corrected chi connectivity index (χ1v) is 6.28. The summed E-state index contributed by atoms with van der Waals surface area (Å²) < 4.78 is 0. The van der Waals surface area contributed by atoms with Gasteiger partial charge in [-0.25, -0.2) is 0 Å². The fourth-order valence-electron chi connectivity index (χ4n) is 1.29. The molecule has 84 valence electrons. The summed E-state index contributed by atoms with van der Waals surface area (Å²) in [5.41, 5.74) is 2.74. The molecule has 0 aliphatic carbocycles. The zero-order chi connectivity index (χ0) is 11.5. The first-order valence-electron chi connectivity index (χ1n) is 4.64. The van der Waals surface area contributed by atoms with Gasteiger partial charge >= 0.3 is 0 Å². The van der Waals surface area contributed by atoms with E-state index in [1.807, 2.05) is 19.1 Å². The van der Waals surface area contributed by atoms with Crippen molar-refractivity contribution in [2.45, 2.75) is 13.0 Å². The van der Waals surface area contributed by atoms with Crippen LogP contribution in [0.5, 0.6) is 0 Å². The van der Waals surface area contributed by atoms with Crippen molar-refractivity contribution >= 4 is 39.7 Å². The molecule has 6 heteroatoms. The van der Waals surface area contributed by atoms with Gasteiger partial charge in [-0.05, 0) is 24.6 Å². The Labute approximate surface area is 107 Å². The van der Waals surface area contributed by atoms with Crippen LogP contribution >= 0.6 is 34.5 Å². The number of nitrogens with one attached hydrogen (secondary N) is 1. The Balaban J connectivity index is 2.14. The second-order valence-electron chi connectivity index (χ2n) is 3.28. The largest absolute Gasteiger partial charge is 0.354 e. The van der Waals surface area contributed by atoms with Gasteiger partial charge in [0.25, 0.3) is 0 Å². The van der Waals surface area contributed by atoms with Gasteiger partial charge in [-0.2, -0.15) is 0 Å². The molecule has 1 unspecified atom stereocenters. The van der Waals surface area contributed by atoms with Crippen LogP contribution in [0.2, 0.25) is 10.0 Å². The zero-order valence-corrected chi connectivity index (χ0v) is 10.8. The topological polar surface area (TPSA) is 37.8 Å². The van der Waals surface area contributed by atoms with Crippen molar-refractivity contribution in [3.63, 3.8) is 0 Å². The smallest absolute Gasteiger partial charge is 0.205 e. The van der Waals surface area contributed by atoms with Crippen LogP contribution in [0.3, 0.4) is 0 Å². The fourth-order valence-corrected chi connectivity index (χ4v) is 2.13. The van der Waals surface area contributed by atoms with E-state index in [1.165, 1.54) is 11.3 Å². The van der Waals surface area contributed by atoms with Crippen LogP contribution in [0.15, 0.2) is 23.7 Å². The van der Waals surface area contributed by atoms with E-state index in [1.54, 1.807) is 11.6 Å². The SMILES string of the molecule is CC(Nc1nncs1)c1ccc(Cl)c(Cl)c1. The van der Waals surface area contributed by atoms with Crippen molar-refractivity contribution < 1.29 is 0 Å². The van der Waals surface area contributed by atoms with Crippen LogP contribution < -0.4 is 5.32 Å². The second-order valence-corrected chi connectivity index (χ2v) is 4.93. The molecule has 0 radical (unpaired) electrons. The van der Waals surface area contributed by atoms with Gasteiger partial charge in [-0.15, -0.1) is 10.2 Å². The lowest BCUT2D eigenvalue weighted by molar-refractivity contribution is 0.874. The Hall–Kier alpha value is -0.840. The molecule has 0 fully saturated rings. The average molecular weight is 274 g/mol. The number of halogens is 2. The van der Waals surface area contributed by atoms with Crippen molar-refractivity contribution in [2.75, 3.05) is 5.32 Å². The third kappa shape index (κ3) is 2.64. The minimum absolute atomic E-state index is 0.114. The van der Waals surface area contributed by atoms with Crippen molar-refractivity contribution in [2.24, 2.45) is 0 Å². The molecule has 1 heterocycles. The standard InChI is InChI=1S/C10H9Cl2N3S/c1-6(14-10-15-13-5-16-10)7-2-3-8(11)9(12)4-7/h2-6H,1H3,(H,14,15). The molecule has 0 aliphatic heterocycles. The molecular weight excluding hydrogens is 265 g/mol. The number of hydrogen-bond donors (Lipinski definition) is 1. The van der Waals surface area contributed by atoms with Crippen molar-refractivity contribution in [3.05, 3.63) is 39.3 Å². The molecule has 3 nitrogen and oxygen atoms in total. The molecule has 1 atom stereocenters. The zero-order valence-electron chi connectivity index (χ0n) is 8.45. The summed E-state index contributed by atoms with van der Waals surface area (Å²) in [6, 6.07) is 5.69. The minimum Gasteiger partial charge on any atom is -0.354 e. The van der Waals surface area contributed by atoms with Crippen LogP contribution in [0.25, 0.3) is 0 Å². The Bertz CT molecular complexity index is 473. The molecule has 0 bridgehead atoms. The summed E-state index contributed by atoms with van der Waals surface area (Å²) in [6.45, 7) is 2.03. The van der Waals surface area contributed by atoms with Gasteiger partial charge in [-0.3, -0.25) is 0 Å². The van der Waals surface area contributed by atoms with E-state index in [4.69, 9.17) is 23.2 Å². The highest BCUT2D eigenvalue weighted by Gasteiger charge is 2.08. The molecule has 0 amide bonds. The van der Waals surface area contributed by atoms with Gasteiger partial charge in [0.15, 0.2) is 0 Å². The van der Waals surface area contributed by atoms with Gasteiger partial charge in [-0.1, -0.05) is 40.6 Å². The van der Waals surface area contributed by atoms with Crippen molar-refractivity contribution in [1.29, 1.82) is 0 Å². The Morgan fingerprint density at radius 1 is 1.31 bits per heavy atom. The van der Waals surface area contributed by atoms with Crippen LogP contribution in [0.4, 0.5) is 5.13 Å². The number of anilines is 1. The number of benzene rings is 1. The van der Waals surface area contributed by atoms with E-state index in [0.717, 1.165) is 10.7 Å². The van der Waals surface area contributed by atoms with Gasteiger partial charge in [0.05, 0.1) is 16.1 Å².